The molecule has 4 fully saturated rings. The van der Waals surface area contributed by atoms with Crippen molar-refractivity contribution in [3.63, 3.8) is 0 Å². The molecule has 0 radical (unpaired) electrons. The van der Waals surface area contributed by atoms with Crippen LogP contribution in [-0.4, -0.2) is 5.78 Å². The summed E-state index contributed by atoms with van der Waals surface area (Å²) in [5.41, 5.74) is 1.77. The monoisotopic (exact) mass is 274 g/mol. The maximum Gasteiger partial charge on any atom is 0.143 e. The number of thiophene rings is 1. The predicted octanol–water partition coefficient (Wildman–Crippen LogP) is 4.47. The van der Waals surface area contributed by atoms with Crippen LogP contribution in [0.15, 0.2) is 16.8 Å². The quantitative estimate of drug-likeness (QED) is 0.795. The SMILES string of the molecule is CC12CC3CC(C1)CC(C(=O)Cc1ccsc1)(C3)C2. The maximum atomic E-state index is 12.9. The minimum atomic E-state index is 0.0563. The van der Waals surface area contributed by atoms with E-state index in [1.54, 1.807) is 11.3 Å². The average molecular weight is 274 g/mol. The van der Waals surface area contributed by atoms with E-state index < -0.39 is 0 Å². The highest BCUT2D eigenvalue weighted by atomic mass is 32.1. The zero-order chi connectivity index (χ0) is 13.1. The number of hydrogen-bond acceptors (Lipinski definition) is 2. The lowest BCUT2D eigenvalue weighted by molar-refractivity contribution is -0.152. The van der Waals surface area contributed by atoms with Crippen molar-refractivity contribution in [1.29, 1.82) is 0 Å². The molecule has 4 saturated carbocycles. The Kier molecular flexibility index (Phi) is 2.52. The number of Topliss-reactive ketones (excluding diaryl/α,β-unsaturated/α-hetero) is 1. The summed E-state index contributed by atoms with van der Waals surface area (Å²) in [6, 6.07) is 2.12. The Balaban J connectivity index is 1.61. The van der Waals surface area contributed by atoms with Gasteiger partial charge in [-0.25, -0.2) is 0 Å². The van der Waals surface area contributed by atoms with Crippen molar-refractivity contribution in [2.24, 2.45) is 22.7 Å². The van der Waals surface area contributed by atoms with Crippen LogP contribution in [0.3, 0.4) is 0 Å². The Morgan fingerprint density at radius 2 is 2.05 bits per heavy atom. The van der Waals surface area contributed by atoms with Crippen LogP contribution in [0.5, 0.6) is 0 Å². The van der Waals surface area contributed by atoms with Gasteiger partial charge in [-0.05, 0) is 78.2 Å². The molecule has 4 aliphatic rings. The van der Waals surface area contributed by atoms with Crippen LogP contribution in [0.1, 0.15) is 51.0 Å². The highest BCUT2D eigenvalue weighted by Crippen LogP contribution is 2.65. The largest absolute Gasteiger partial charge is 0.299 e. The molecule has 4 aliphatic carbocycles. The summed E-state index contributed by atoms with van der Waals surface area (Å²) in [5, 5.41) is 4.23. The maximum absolute atomic E-state index is 12.9. The fourth-order valence-electron chi connectivity index (χ4n) is 5.81. The summed E-state index contributed by atoms with van der Waals surface area (Å²) in [5.74, 6) is 2.24. The van der Waals surface area contributed by atoms with Gasteiger partial charge in [-0.15, -0.1) is 0 Å². The number of hydrogen-bond donors (Lipinski definition) is 0. The lowest BCUT2D eigenvalue weighted by Crippen LogP contribution is -2.54. The van der Waals surface area contributed by atoms with Crippen LogP contribution < -0.4 is 0 Å². The van der Waals surface area contributed by atoms with Gasteiger partial charge in [0.05, 0.1) is 0 Å². The van der Waals surface area contributed by atoms with E-state index in [9.17, 15) is 4.79 Å². The standard InChI is InChI=1S/C17H22OS/c1-16-6-13-4-14(7-16)9-17(8-13,11-16)15(18)5-12-2-3-19-10-12/h2-3,10,13-14H,4-9,11H2,1H3. The predicted molar refractivity (Wildman–Crippen MR) is 78.3 cm³/mol. The Morgan fingerprint density at radius 3 is 2.63 bits per heavy atom. The average Bonchev–Trinajstić information content (AvgIpc) is 2.78. The van der Waals surface area contributed by atoms with E-state index in [-0.39, 0.29) is 5.41 Å². The molecule has 1 aromatic heterocycles. The minimum absolute atomic E-state index is 0.0563. The van der Waals surface area contributed by atoms with Gasteiger partial charge < -0.3 is 0 Å². The zero-order valence-corrected chi connectivity index (χ0v) is 12.5. The number of rotatable bonds is 3. The van der Waals surface area contributed by atoms with Crippen LogP contribution in [0.2, 0.25) is 0 Å². The van der Waals surface area contributed by atoms with E-state index in [0.29, 0.717) is 17.6 Å². The van der Waals surface area contributed by atoms with Crippen LogP contribution in [0, 0.1) is 22.7 Å². The van der Waals surface area contributed by atoms with Gasteiger partial charge >= 0.3 is 0 Å². The van der Waals surface area contributed by atoms with E-state index in [2.05, 4.69) is 23.8 Å². The van der Waals surface area contributed by atoms with Crippen LogP contribution in [-0.2, 0) is 11.2 Å². The normalized spacial score (nSPS) is 43.6. The van der Waals surface area contributed by atoms with E-state index in [0.717, 1.165) is 11.8 Å². The molecular formula is C17H22OS. The number of carbonyl (C=O) groups excluding carboxylic acids is 1. The van der Waals surface area contributed by atoms with Gasteiger partial charge in [0.2, 0.25) is 0 Å². The lowest BCUT2D eigenvalue weighted by atomic mass is 9.43. The third-order valence-electron chi connectivity index (χ3n) is 5.89. The zero-order valence-electron chi connectivity index (χ0n) is 11.7. The molecule has 0 N–H and O–H groups in total. The van der Waals surface area contributed by atoms with Crippen LogP contribution >= 0.6 is 11.3 Å². The second kappa shape index (κ2) is 3.94. The fourth-order valence-corrected chi connectivity index (χ4v) is 6.48. The van der Waals surface area contributed by atoms with Gasteiger partial charge in [-0.3, -0.25) is 4.79 Å². The first-order valence-electron chi connectivity index (χ1n) is 7.61. The molecular weight excluding hydrogens is 252 g/mol. The molecule has 0 amide bonds. The van der Waals surface area contributed by atoms with E-state index in [1.165, 1.54) is 44.1 Å². The van der Waals surface area contributed by atoms with Gasteiger partial charge in [0, 0.05) is 11.8 Å². The molecule has 4 bridgehead atoms. The Labute approximate surface area is 119 Å². The first-order valence-corrected chi connectivity index (χ1v) is 8.56. The second-order valence-corrected chi connectivity index (χ2v) is 8.56. The molecule has 0 aliphatic heterocycles. The molecule has 5 rings (SSSR count). The summed E-state index contributed by atoms with van der Waals surface area (Å²) in [6.45, 7) is 2.44. The third kappa shape index (κ3) is 1.91. The fraction of sp³-hybridized carbons (Fsp3) is 0.706. The highest BCUT2D eigenvalue weighted by Gasteiger charge is 2.58. The number of ketones is 1. The van der Waals surface area contributed by atoms with E-state index >= 15 is 0 Å². The second-order valence-electron chi connectivity index (χ2n) is 7.78. The molecule has 102 valence electrons. The molecule has 1 nitrogen and oxygen atoms in total. The first kappa shape index (κ1) is 12.1. The highest BCUT2D eigenvalue weighted by molar-refractivity contribution is 7.08. The summed E-state index contributed by atoms with van der Waals surface area (Å²) in [6.07, 6.45) is 8.43. The van der Waals surface area contributed by atoms with Gasteiger partial charge in [0.25, 0.3) is 0 Å². The molecule has 2 heteroatoms. The molecule has 0 spiro atoms. The van der Waals surface area contributed by atoms with Crippen molar-refractivity contribution in [2.75, 3.05) is 0 Å². The molecule has 1 aromatic rings. The van der Waals surface area contributed by atoms with Crippen molar-refractivity contribution < 1.29 is 4.79 Å². The summed E-state index contributed by atoms with van der Waals surface area (Å²) in [4.78, 5) is 12.9. The summed E-state index contributed by atoms with van der Waals surface area (Å²) < 4.78 is 0. The first-order chi connectivity index (χ1) is 9.07. The van der Waals surface area contributed by atoms with Gasteiger partial charge in [-0.2, -0.15) is 11.3 Å². The Bertz CT molecular complexity index is 487. The van der Waals surface area contributed by atoms with Crippen LogP contribution in [0.25, 0.3) is 0 Å². The number of carbonyl (C=O) groups is 1. The van der Waals surface area contributed by atoms with Crippen LogP contribution in [0.4, 0.5) is 0 Å². The Hall–Kier alpha value is -0.630. The molecule has 2 unspecified atom stereocenters. The van der Waals surface area contributed by atoms with E-state index in [4.69, 9.17) is 0 Å². The van der Waals surface area contributed by atoms with E-state index in [1.807, 2.05) is 0 Å². The van der Waals surface area contributed by atoms with Gasteiger partial charge in [-0.1, -0.05) is 6.92 Å². The van der Waals surface area contributed by atoms with Gasteiger partial charge in [0.1, 0.15) is 5.78 Å². The van der Waals surface area contributed by atoms with Crippen molar-refractivity contribution in [1.82, 2.24) is 0 Å². The van der Waals surface area contributed by atoms with Crippen molar-refractivity contribution in [3.05, 3.63) is 22.4 Å². The van der Waals surface area contributed by atoms with Crippen molar-refractivity contribution in [3.8, 4) is 0 Å². The van der Waals surface area contributed by atoms with Gasteiger partial charge in [0.15, 0.2) is 0 Å². The third-order valence-corrected chi connectivity index (χ3v) is 6.62. The summed E-state index contributed by atoms with van der Waals surface area (Å²) in [7, 11) is 0. The Morgan fingerprint density at radius 1 is 1.32 bits per heavy atom. The molecule has 2 atom stereocenters. The minimum Gasteiger partial charge on any atom is -0.299 e. The smallest absolute Gasteiger partial charge is 0.143 e. The van der Waals surface area contributed by atoms with Crippen molar-refractivity contribution >= 4 is 17.1 Å². The molecule has 19 heavy (non-hydrogen) atoms. The molecule has 1 heterocycles. The lowest BCUT2D eigenvalue weighted by Gasteiger charge is -2.60. The summed E-state index contributed by atoms with van der Waals surface area (Å²) >= 11 is 1.71. The molecule has 0 aromatic carbocycles. The topological polar surface area (TPSA) is 17.1 Å². The van der Waals surface area contributed by atoms with Crippen molar-refractivity contribution in [2.45, 2.75) is 51.9 Å². The molecule has 0 saturated heterocycles.